The number of rotatable bonds is 5. The van der Waals surface area contributed by atoms with Crippen LogP contribution in [0.3, 0.4) is 0 Å². The molecule has 2 N–H and O–H groups in total. The minimum Gasteiger partial charge on any atom is -0.465 e. The largest absolute Gasteiger partial charge is 0.465 e. The van der Waals surface area contributed by atoms with Gasteiger partial charge in [-0.25, -0.2) is 4.79 Å². The Balaban J connectivity index is 2.11. The van der Waals surface area contributed by atoms with Gasteiger partial charge in [0.2, 0.25) is 0 Å². The van der Waals surface area contributed by atoms with Crippen LogP contribution in [0.15, 0.2) is 24.3 Å². The number of halogens is 1. The van der Waals surface area contributed by atoms with Crippen LogP contribution >= 0.6 is 11.6 Å². The lowest BCUT2D eigenvalue weighted by Crippen LogP contribution is -2.34. The maximum absolute atomic E-state index is 12.5. The lowest BCUT2D eigenvalue weighted by Gasteiger charge is -2.14. The number of carbonyl (C=O) groups is 2. The van der Waals surface area contributed by atoms with Crippen molar-refractivity contribution in [3.05, 3.63) is 57.4 Å². The summed E-state index contributed by atoms with van der Waals surface area (Å²) in [6, 6.07) is 7.46. The van der Waals surface area contributed by atoms with E-state index in [0.717, 1.165) is 5.56 Å². The number of carbonyl (C=O) groups excluding carboxylic acids is 2. The Labute approximate surface area is 146 Å². The zero-order valence-electron chi connectivity index (χ0n) is 14.2. The van der Waals surface area contributed by atoms with E-state index in [1.54, 1.807) is 13.8 Å². The fourth-order valence-electron chi connectivity index (χ4n) is 2.75. The van der Waals surface area contributed by atoms with E-state index < -0.39 is 5.97 Å². The van der Waals surface area contributed by atoms with E-state index in [-0.39, 0.29) is 11.9 Å². The minimum atomic E-state index is -0.452. The normalized spacial score (nSPS) is 11.9. The second kappa shape index (κ2) is 7.53. The van der Waals surface area contributed by atoms with E-state index >= 15 is 0 Å². The topological polar surface area (TPSA) is 71.2 Å². The first-order valence-electron chi connectivity index (χ1n) is 7.66. The lowest BCUT2D eigenvalue weighted by atomic mass is 10.1. The first-order chi connectivity index (χ1) is 11.3. The Hall–Kier alpha value is -2.27. The summed E-state index contributed by atoms with van der Waals surface area (Å²) in [7, 11) is 1.32. The first kappa shape index (κ1) is 18.1. The number of hydrogen-bond donors (Lipinski definition) is 2. The van der Waals surface area contributed by atoms with E-state index in [4.69, 9.17) is 16.3 Å². The van der Waals surface area contributed by atoms with E-state index in [2.05, 4.69) is 10.3 Å². The Bertz CT molecular complexity index is 768. The molecule has 1 heterocycles. The SMILES string of the molecule is COC(=O)c1c(C)[nH]c(C(=O)N[C@@H](C)Cc2cccc(Cl)c2)c1C. The van der Waals surface area contributed by atoms with Gasteiger partial charge in [-0.3, -0.25) is 4.79 Å². The second-order valence-electron chi connectivity index (χ2n) is 5.83. The lowest BCUT2D eigenvalue weighted by molar-refractivity contribution is 0.0599. The van der Waals surface area contributed by atoms with Crippen molar-refractivity contribution in [1.29, 1.82) is 0 Å². The number of aromatic nitrogens is 1. The monoisotopic (exact) mass is 348 g/mol. The van der Waals surface area contributed by atoms with Gasteiger partial charge in [-0.15, -0.1) is 0 Å². The van der Waals surface area contributed by atoms with Crippen LogP contribution in [-0.2, 0) is 11.2 Å². The molecule has 0 bridgehead atoms. The predicted octanol–water partition coefficient (Wildman–Crippen LogP) is 3.43. The van der Waals surface area contributed by atoms with Gasteiger partial charge in [0, 0.05) is 16.8 Å². The summed E-state index contributed by atoms with van der Waals surface area (Å²) >= 11 is 5.98. The molecule has 0 saturated carbocycles. The molecule has 1 amide bonds. The fraction of sp³-hybridized carbons (Fsp3) is 0.333. The van der Waals surface area contributed by atoms with Gasteiger partial charge in [0.15, 0.2) is 0 Å². The number of aryl methyl sites for hydroxylation is 1. The zero-order valence-corrected chi connectivity index (χ0v) is 15.0. The molecule has 24 heavy (non-hydrogen) atoms. The van der Waals surface area contributed by atoms with E-state index in [1.807, 2.05) is 31.2 Å². The molecule has 0 aliphatic carbocycles. The van der Waals surface area contributed by atoms with Crippen LogP contribution < -0.4 is 5.32 Å². The van der Waals surface area contributed by atoms with E-state index in [1.165, 1.54) is 7.11 Å². The smallest absolute Gasteiger partial charge is 0.339 e. The van der Waals surface area contributed by atoms with Crippen LogP contribution in [-0.4, -0.2) is 30.0 Å². The maximum Gasteiger partial charge on any atom is 0.339 e. The average molecular weight is 349 g/mol. The molecule has 6 heteroatoms. The molecule has 0 spiro atoms. The summed E-state index contributed by atoms with van der Waals surface area (Å²) in [5.41, 5.74) is 3.04. The number of benzene rings is 1. The molecule has 2 aromatic rings. The molecule has 1 atom stereocenters. The Kier molecular flexibility index (Phi) is 5.67. The molecule has 0 unspecified atom stereocenters. The quantitative estimate of drug-likeness (QED) is 0.813. The third kappa shape index (κ3) is 3.97. The van der Waals surface area contributed by atoms with Gasteiger partial charge in [-0.1, -0.05) is 23.7 Å². The number of amides is 1. The average Bonchev–Trinajstić information content (AvgIpc) is 2.81. The molecule has 1 aromatic carbocycles. The van der Waals surface area contributed by atoms with Gasteiger partial charge in [0.25, 0.3) is 5.91 Å². The van der Waals surface area contributed by atoms with Gasteiger partial charge in [0.1, 0.15) is 5.69 Å². The van der Waals surface area contributed by atoms with Crippen molar-refractivity contribution in [1.82, 2.24) is 10.3 Å². The molecular weight excluding hydrogens is 328 g/mol. The van der Waals surface area contributed by atoms with Crippen LogP contribution in [0.25, 0.3) is 0 Å². The first-order valence-corrected chi connectivity index (χ1v) is 8.04. The molecule has 5 nitrogen and oxygen atoms in total. The summed E-state index contributed by atoms with van der Waals surface area (Å²) in [6.07, 6.45) is 0.662. The Morgan fingerprint density at radius 3 is 2.67 bits per heavy atom. The number of hydrogen-bond acceptors (Lipinski definition) is 3. The molecule has 2 rings (SSSR count). The second-order valence-corrected chi connectivity index (χ2v) is 6.26. The van der Waals surface area contributed by atoms with Crippen molar-refractivity contribution >= 4 is 23.5 Å². The highest BCUT2D eigenvalue weighted by atomic mass is 35.5. The van der Waals surface area contributed by atoms with Crippen molar-refractivity contribution < 1.29 is 14.3 Å². The predicted molar refractivity (Wildman–Crippen MR) is 93.7 cm³/mol. The molecule has 1 aromatic heterocycles. The third-order valence-electron chi connectivity index (χ3n) is 3.86. The number of ether oxygens (including phenoxy) is 1. The molecule has 0 aliphatic rings. The van der Waals surface area contributed by atoms with Crippen molar-refractivity contribution in [2.24, 2.45) is 0 Å². The number of nitrogens with one attached hydrogen (secondary N) is 2. The molecule has 0 aliphatic heterocycles. The summed E-state index contributed by atoms with van der Waals surface area (Å²) < 4.78 is 4.76. The molecular formula is C18H21ClN2O3. The van der Waals surface area contributed by atoms with Crippen LogP contribution in [0.1, 0.15) is 44.6 Å². The number of aromatic amines is 1. The van der Waals surface area contributed by atoms with Gasteiger partial charge in [0.05, 0.1) is 12.7 Å². The Morgan fingerprint density at radius 2 is 2.04 bits per heavy atom. The molecule has 0 saturated heterocycles. The highest BCUT2D eigenvalue weighted by Gasteiger charge is 2.23. The highest BCUT2D eigenvalue weighted by molar-refractivity contribution is 6.30. The van der Waals surface area contributed by atoms with E-state index in [9.17, 15) is 9.59 Å². The zero-order chi connectivity index (χ0) is 17.9. The van der Waals surface area contributed by atoms with Crippen molar-refractivity contribution in [2.75, 3.05) is 7.11 Å². The number of H-pyrrole nitrogens is 1. The molecule has 128 valence electrons. The van der Waals surface area contributed by atoms with Crippen molar-refractivity contribution in [3.63, 3.8) is 0 Å². The minimum absolute atomic E-state index is 0.0828. The third-order valence-corrected chi connectivity index (χ3v) is 4.10. The fourth-order valence-corrected chi connectivity index (χ4v) is 2.96. The summed E-state index contributed by atoms with van der Waals surface area (Å²) in [5.74, 6) is -0.701. The number of esters is 1. The van der Waals surface area contributed by atoms with Crippen LogP contribution in [0.4, 0.5) is 0 Å². The molecule has 0 radical (unpaired) electrons. The number of methoxy groups -OCH3 is 1. The van der Waals surface area contributed by atoms with Crippen molar-refractivity contribution in [2.45, 2.75) is 33.2 Å². The van der Waals surface area contributed by atoms with Crippen LogP contribution in [0, 0.1) is 13.8 Å². The van der Waals surface area contributed by atoms with E-state index in [0.29, 0.717) is 34.0 Å². The van der Waals surface area contributed by atoms with Gasteiger partial charge in [-0.05, 0) is 50.5 Å². The van der Waals surface area contributed by atoms with Gasteiger partial charge < -0.3 is 15.0 Å². The van der Waals surface area contributed by atoms with Gasteiger partial charge in [-0.2, -0.15) is 0 Å². The highest BCUT2D eigenvalue weighted by Crippen LogP contribution is 2.19. The maximum atomic E-state index is 12.5. The summed E-state index contributed by atoms with van der Waals surface area (Å²) in [4.78, 5) is 27.3. The Morgan fingerprint density at radius 1 is 1.33 bits per heavy atom. The van der Waals surface area contributed by atoms with Crippen LogP contribution in [0.2, 0.25) is 5.02 Å². The summed E-state index contributed by atoms with van der Waals surface area (Å²) in [5, 5.41) is 3.61. The van der Waals surface area contributed by atoms with Gasteiger partial charge >= 0.3 is 5.97 Å². The standard InChI is InChI=1S/C18H21ClN2O3/c1-10(8-13-6-5-7-14(19)9-13)20-17(22)16-11(2)15(12(3)21-16)18(23)24-4/h5-7,9-10,21H,8H2,1-4H3,(H,20,22)/t10-/m0/s1. The van der Waals surface area contributed by atoms with Crippen LogP contribution in [0.5, 0.6) is 0 Å². The van der Waals surface area contributed by atoms with Crippen molar-refractivity contribution in [3.8, 4) is 0 Å². The molecule has 0 fully saturated rings. The summed E-state index contributed by atoms with van der Waals surface area (Å²) in [6.45, 7) is 5.39.